The molecule has 0 radical (unpaired) electrons. The molecule has 0 saturated heterocycles. The minimum absolute atomic E-state index is 0.0174. The lowest BCUT2D eigenvalue weighted by molar-refractivity contribution is -0.173. The van der Waals surface area contributed by atoms with Crippen LogP contribution in [0.5, 0.6) is 34.5 Å². The molecule has 0 aliphatic heterocycles. The van der Waals surface area contributed by atoms with E-state index in [0.29, 0.717) is 14.7 Å². The zero-order chi connectivity index (χ0) is 60.9. The Bertz CT molecular complexity index is 2370. The van der Waals surface area contributed by atoms with Crippen molar-refractivity contribution >= 4 is 146 Å². The lowest BCUT2D eigenvalue weighted by Crippen LogP contribution is -2.44. The van der Waals surface area contributed by atoms with Gasteiger partial charge in [0.15, 0.2) is 34.5 Å². The minimum Gasteiger partial charge on any atom is -0.504 e. The molecule has 0 unspecified atom stereocenters. The lowest BCUT2D eigenvalue weighted by atomic mass is 9.92. The number of phenolic OH excluding ortho intramolecular Hbond substituents is 6. The quantitative estimate of drug-likeness (QED) is 0.00938. The predicted molar refractivity (Wildman–Crippen MR) is 320 cm³/mol. The van der Waals surface area contributed by atoms with Crippen LogP contribution in [0, 0.1) is 10.8 Å². The molecule has 0 spiro atoms. The fourth-order valence-corrected chi connectivity index (χ4v) is 9.64. The predicted octanol–water partition coefficient (Wildman–Crippen LogP) is 6.67. The fraction of sp³-hybridized carbons (Fsp3) is 0.500. The normalized spacial score (nSPS) is 11.0. The Labute approximate surface area is 514 Å². The molecule has 3 rings (SSSR count). The molecule has 30 heteroatoms. The van der Waals surface area contributed by atoms with Crippen molar-refractivity contribution in [3.05, 3.63) is 54.6 Å². The summed E-state index contributed by atoms with van der Waals surface area (Å²) in [4.78, 5) is 99.2. The van der Waals surface area contributed by atoms with Crippen LogP contribution in [-0.4, -0.2) is 177 Å². The Hall–Kier alpha value is -4.98. The molecule has 3 aromatic carbocycles. The molecule has 22 nitrogen and oxygen atoms in total. The maximum absolute atomic E-state index is 12.6. The minimum atomic E-state index is -1.45. The summed E-state index contributed by atoms with van der Waals surface area (Å²) in [5.74, 6) is -4.85. The summed E-state index contributed by atoms with van der Waals surface area (Å²) in [7, 11) is 0. The fourth-order valence-electron chi connectivity index (χ4n) is 6.02. The highest BCUT2D eigenvalue weighted by molar-refractivity contribution is 8.00. The molecular formula is C52H68O22S8. The van der Waals surface area contributed by atoms with E-state index in [2.05, 4.69) is 63.1 Å². The van der Waals surface area contributed by atoms with Crippen LogP contribution in [0.2, 0.25) is 0 Å². The number of thioether (sulfide) groups is 3. The van der Waals surface area contributed by atoms with Crippen molar-refractivity contribution in [2.45, 2.75) is 66.1 Å². The molecule has 0 atom stereocenters. The maximum Gasteiger partial charge on any atom is 0.306 e. The summed E-state index contributed by atoms with van der Waals surface area (Å²) in [5, 5.41) is 58.7. The Balaban J connectivity index is 0.000000571. The van der Waals surface area contributed by atoms with Gasteiger partial charge in [0.1, 0.15) is 63.7 Å². The van der Waals surface area contributed by atoms with Gasteiger partial charge in [0.05, 0.1) is 66.1 Å². The van der Waals surface area contributed by atoms with E-state index < -0.39 is 85.0 Å². The van der Waals surface area contributed by atoms with Crippen LogP contribution >= 0.6 is 98.4 Å². The summed E-state index contributed by atoms with van der Waals surface area (Å²) >= 11 is 23.4. The van der Waals surface area contributed by atoms with Crippen LogP contribution in [0.25, 0.3) is 0 Å². The van der Waals surface area contributed by atoms with E-state index in [1.165, 1.54) is 18.2 Å². The second-order valence-corrected chi connectivity index (χ2v) is 23.0. The van der Waals surface area contributed by atoms with Crippen LogP contribution in [0.4, 0.5) is 0 Å². The van der Waals surface area contributed by atoms with E-state index >= 15 is 0 Å². The summed E-state index contributed by atoms with van der Waals surface area (Å²) in [5.41, 5.74) is -2.80. The summed E-state index contributed by atoms with van der Waals surface area (Å²) in [6.07, 6.45) is -0.229. The van der Waals surface area contributed by atoms with E-state index in [4.69, 9.17) is 37.9 Å². The van der Waals surface area contributed by atoms with E-state index in [1.54, 1.807) is 36.4 Å². The number of carbonyl (C=O) groups is 8. The highest BCUT2D eigenvalue weighted by Gasteiger charge is 2.39. The van der Waals surface area contributed by atoms with E-state index in [1.807, 2.05) is 0 Å². The van der Waals surface area contributed by atoms with Crippen molar-refractivity contribution in [1.82, 2.24) is 0 Å². The molecule has 0 fully saturated rings. The van der Waals surface area contributed by atoms with Gasteiger partial charge in [-0.05, 0) is 36.4 Å². The summed E-state index contributed by atoms with van der Waals surface area (Å²) in [6.45, 7) is -3.10. The van der Waals surface area contributed by atoms with Crippen molar-refractivity contribution in [2.75, 3.05) is 98.9 Å². The summed E-state index contributed by atoms with van der Waals surface area (Å²) in [6, 6.07) is 13.4. The van der Waals surface area contributed by atoms with Crippen molar-refractivity contribution in [3.8, 4) is 34.5 Å². The number of benzene rings is 3. The topological polar surface area (TPSA) is 332 Å². The maximum atomic E-state index is 12.6. The Morgan fingerprint density at radius 3 is 0.683 bits per heavy atom. The van der Waals surface area contributed by atoms with Crippen LogP contribution in [-0.2, 0) is 76.3 Å². The van der Waals surface area contributed by atoms with Crippen LogP contribution in [0.15, 0.2) is 69.3 Å². The van der Waals surface area contributed by atoms with E-state index in [0.717, 1.165) is 35.3 Å². The van der Waals surface area contributed by atoms with Crippen LogP contribution < -0.4 is 0 Å². The molecule has 0 amide bonds. The zero-order valence-corrected chi connectivity index (χ0v) is 51.3. The first-order valence-corrected chi connectivity index (χ1v) is 31.0. The number of para-hydroxylation sites is 3. The molecule has 0 aliphatic rings. The SMILES string of the molecule is O=C(CCS)OCC(COC(=O)CCS)(COC(=O)CCS)COC(=O)CCSc1cccc(O)c1O.O=C(CCS)OCC(COC(=O)CCS)(COC(=O)CCSc1cccc(O)c1O)COC(=O)CCSc1cccc(O)c1O. The molecule has 0 aromatic heterocycles. The second-order valence-electron chi connectivity index (χ2n) is 17.3. The van der Waals surface area contributed by atoms with Gasteiger partial charge in [-0.2, -0.15) is 63.1 Å². The third-order valence-corrected chi connectivity index (χ3v) is 14.8. The van der Waals surface area contributed by atoms with E-state index in [9.17, 15) is 69.0 Å². The van der Waals surface area contributed by atoms with E-state index in [-0.39, 0.29) is 158 Å². The third kappa shape index (κ3) is 29.5. The number of phenols is 6. The van der Waals surface area contributed by atoms with Crippen molar-refractivity contribution in [3.63, 3.8) is 0 Å². The van der Waals surface area contributed by atoms with Crippen LogP contribution in [0.3, 0.4) is 0 Å². The number of esters is 8. The number of thiol groups is 5. The second kappa shape index (κ2) is 41.1. The molecule has 82 heavy (non-hydrogen) atoms. The largest absolute Gasteiger partial charge is 0.504 e. The third-order valence-electron chi connectivity index (χ3n) is 10.5. The first-order valence-electron chi connectivity index (χ1n) is 24.9. The molecule has 3 aromatic rings. The van der Waals surface area contributed by atoms with Gasteiger partial charge in [0.25, 0.3) is 0 Å². The molecule has 456 valence electrons. The number of ether oxygens (including phenoxy) is 8. The number of carbonyl (C=O) groups excluding carboxylic acids is 8. The van der Waals surface area contributed by atoms with Crippen molar-refractivity contribution < 1.29 is 107 Å². The lowest BCUT2D eigenvalue weighted by Gasteiger charge is -2.31. The van der Waals surface area contributed by atoms with Gasteiger partial charge in [-0.15, -0.1) is 35.3 Å². The zero-order valence-electron chi connectivity index (χ0n) is 44.3. The summed E-state index contributed by atoms with van der Waals surface area (Å²) < 4.78 is 42.8. The number of hydrogen-bond donors (Lipinski definition) is 11. The van der Waals surface area contributed by atoms with Gasteiger partial charge < -0.3 is 68.5 Å². The average molecular weight is 1300 g/mol. The number of rotatable bonds is 38. The van der Waals surface area contributed by atoms with Gasteiger partial charge in [-0.25, -0.2) is 0 Å². The number of aromatic hydroxyl groups is 6. The average Bonchev–Trinajstić information content (AvgIpc) is 3.48. The highest BCUT2D eigenvalue weighted by Crippen LogP contribution is 2.38. The number of hydrogen-bond acceptors (Lipinski definition) is 30. The molecule has 0 bridgehead atoms. The van der Waals surface area contributed by atoms with Gasteiger partial charge in [-0.3, -0.25) is 38.4 Å². The highest BCUT2D eigenvalue weighted by atomic mass is 32.2. The Morgan fingerprint density at radius 1 is 0.317 bits per heavy atom. The van der Waals surface area contributed by atoms with Gasteiger partial charge >= 0.3 is 47.8 Å². The molecule has 6 N–H and O–H groups in total. The first-order chi connectivity index (χ1) is 39.2. The molecule has 0 saturated carbocycles. The van der Waals surface area contributed by atoms with Gasteiger partial charge in [0, 0.05) is 46.0 Å². The van der Waals surface area contributed by atoms with Gasteiger partial charge in [-0.1, -0.05) is 18.2 Å². The van der Waals surface area contributed by atoms with Crippen molar-refractivity contribution in [1.29, 1.82) is 0 Å². The Kier molecular flexibility index (Phi) is 36.7. The first kappa shape index (κ1) is 73.1. The standard InChI is InChI=1S/C29H36O12S4.C23H32O10S4/c30-19-3-1-5-21(27(19)36)44-13-9-25(34)40-17-29(15-38-23(32)7-11-42,16-39-24(33)8-12-43)18-41-26(35)10-14-45-22-6-2-4-20(31)28(22)37;24-16-2-1-3-17(22(16)29)37-11-7-21(28)33-15-23(12-30-18(25)4-8-34,13-31-19(26)5-9-35)14-32-20(27)6-10-36/h1-6,30-31,36-37,42-43H,7-18H2;1-3,24,29,34-36H,4-15H2. The Morgan fingerprint density at radius 2 is 0.500 bits per heavy atom. The smallest absolute Gasteiger partial charge is 0.306 e. The van der Waals surface area contributed by atoms with Crippen LogP contribution in [0.1, 0.15) is 51.4 Å². The molecule has 0 heterocycles. The molecular weight excluding hydrogens is 1230 g/mol. The monoisotopic (exact) mass is 1300 g/mol. The molecule has 0 aliphatic carbocycles. The van der Waals surface area contributed by atoms with Gasteiger partial charge in [0.2, 0.25) is 0 Å². The van der Waals surface area contributed by atoms with Crippen molar-refractivity contribution in [2.24, 2.45) is 10.8 Å².